The van der Waals surface area contributed by atoms with Crippen LogP contribution in [0.3, 0.4) is 0 Å². The van der Waals surface area contributed by atoms with Gasteiger partial charge in [0.2, 0.25) is 5.91 Å². The quantitative estimate of drug-likeness (QED) is 0.794. The zero-order valence-electron chi connectivity index (χ0n) is 10.7. The van der Waals surface area contributed by atoms with Crippen molar-refractivity contribution in [2.45, 2.75) is 39.0 Å². The second-order valence-corrected chi connectivity index (χ2v) is 5.44. The van der Waals surface area contributed by atoms with Crippen molar-refractivity contribution < 1.29 is 4.79 Å². The number of hydrogen-bond donors (Lipinski definition) is 2. The third kappa shape index (κ3) is 4.14. The maximum atomic E-state index is 11.8. The molecule has 1 aliphatic heterocycles. The zero-order valence-corrected chi connectivity index (χ0v) is 11.5. The second kappa shape index (κ2) is 7.22. The first-order valence-electron chi connectivity index (χ1n) is 6.76. The molecule has 2 N–H and O–H groups in total. The van der Waals surface area contributed by atoms with Crippen LogP contribution in [-0.4, -0.2) is 25.5 Å². The molecule has 0 aromatic heterocycles. The lowest BCUT2D eigenvalue weighted by Crippen LogP contribution is -2.49. The third-order valence-corrected chi connectivity index (χ3v) is 4.26. The Bertz CT molecular complexity index is 238. The first-order chi connectivity index (χ1) is 7.77. The Labute approximate surface area is 111 Å². The molecule has 1 aliphatic carbocycles. The van der Waals surface area contributed by atoms with Crippen LogP contribution in [-0.2, 0) is 4.79 Å². The molecule has 4 heteroatoms. The van der Waals surface area contributed by atoms with Crippen molar-refractivity contribution in [3.05, 3.63) is 0 Å². The first kappa shape index (κ1) is 14.8. The lowest BCUT2D eigenvalue weighted by atomic mass is 9.88. The Morgan fingerprint density at radius 2 is 2.00 bits per heavy atom. The normalized spacial score (nSPS) is 22.6. The number of amides is 1. The standard InChI is InChI=1S/C13H24N2O.ClH/c1-10(12-8-14-9-12)13(16)15-7-6-11-4-2-3-5-11;/h10-12,14H,2-9H2,1H3,(H,15,16);1H. The smallest absolute Gasteiger partial charge is 0.223 e. The van der Waals surface area contributed by atoms with E-state index in [4.69, 9.17) is 0 Å². The Balaban J connectivity index is 0.00000144. The van der Waals surface area contributed by atoms with Crippen LogP contribution < -0.4 is 10.6 Å². The second-order valence-electron chi connectivity index (χ2n) is 5.44. The van der Waals surface area contributed by atoms with Crippen molar-refractivity contribution in [3.63, 3.8) is 0 Å². The minimum Gasteiger partial charge on any atom is -0.356 e. The van der Waals surface area contributed by atoms with E-state index >= 15 is 0 Å². The van der Waals surface area contributed by atoms with E-state index in [-0.39, 0.29) is 24.2 Å². The fraction of sp³-hybridized carbons (Fsp3) is 0.923. The predicted molar refractivity (Wildman–Crippen MR) is 72.4 cm³/mol. The number of carbonyl (C=O) groups is 1. The van der Waals surface area contributed by atoms with E-state index in [1.165, 1.54) is 32.1 Å². The molecule has 0 bridgehead atoms. The maximum Gasteiger partial charge on any atom is 0.223 e. The summed E-state index contributed by atoms with van der Waals surface area (Å²) in [6.07, 6.45) is 6.71. The van der Waals surface area contributed by atoms with E-state index in [0.717, 1.165) is 25.6 Å². The van der Waals surface area contributed by atoms with Gasteiger partial charge in [0.05, 0.1) is 0 Å². The van der Waals surface area contributed by atoms with Gasteiger partial charge in [-0.2, -0.15) is 0 Å². The first-order valence-corrected chi connectivity index (χ1v) is 6.76. The van der Waals surface area contributed by atoms with Crippen molar-refractivity contribution in [3.8, 4) is 0 Å². The Kier molecular flexibility index (Phi) is 6.28. The van der Waals surface area contributed by atoms with Gasteiger partial charge in [-0.25, -0.2) is 0 Å². The van der Waals surface area contributed by atoms with Crippen molar-refractivity contribution in [1.29, 1.82) is 0 Å². The highest BCUT2D eigenvalue weighted by molar-refractivity contribution is 5.85. The molecule has 1 saturated carbocycles. The summed E-state index contributed by atoms with van der Waals surface area (Å²) < 4.78 is 0. The molecule has 2 fully saturated rings. The van der Waals surface area contributed by atoms with Gasteiger partial charge in [0.25, 0.3) is 0 Å². The molecule has 2 rings (SSSR count). The monoisotopic (exact) mass is 260 g/mol. The summed E-state index contributed by atoms with van der Waals surface area (Å²) in [5.74, 6) is 1.88. The highest BCUT2D eigenvalue weighted by atomic mass is 35.5. The average Bonchev–Trinajstić information content (AvgIpc) is 2.67. The minimum atomic E-state index is 0. The van der Waals surface area contributed by atoms with Crippen molar-refractivity contribution >= 4 is 18.3 Å². The van der Waals surface area contributed by atoms with Crippen LogP contribution in [0, 0.1) is 17.8 Å². The summed E-state index contributed by atoms with van der Waals surface area (Å²) in [6, 6.07) is 0. The number of hydrogen-bond acceptors (Lipinski definition) is 2. The van der Waals surface area contributed by atoms with Crippen LogP contribution in [0.25, 0.3) is 0 Å². The highest BCUT2D eigenvalue weighted by Crippen LogP contribution is 2.27. The summed E-state index contributed by atoms with van der Waals surface area (Å²) in [5, 5.41) is 6.31. The molecule has 2 aliphatic rings. The minimum absolute atomic E-state index is 0. The summed E-state index contributed by atoms with van der Waals surface area (Å²) in [5.41, 5.74) is 0. The van der Waals surface area contributed by atoms with Crippen LogP contribution in [0.5, 0.6) is 0 Å². The van der Waals surface area contributed by atoms with Gasteiger partial charge in [-0.15, -0.1) is 12.4 Å². The topological polar surface area (TPSA) is 41.1 Å². The van der Waals surface area contributed by atoms with E-state index in [0.29, 0.717) is 5.92 Å². The molecule has 1 saturated heterocycles. The van der Waals surface area contributed by atoms with E-state index < -0.39 is 0 Å². The summed E-state index contributed by atoms with van der Waals surface area (Å²) in [6.45, 7) is 4.96. The van der Waals surface area contributed by atoms with E-state index in [2.05, 4.69) is 17.6 Å². The van der Waals surface area contributed by atoms with Crippen LogP contribution in [0.15, 0.2) is 0 Å². The molecular weight excluding hydrogens is 236 g/mol. The fourth-order valence-electron chi connectivity index (χ4n) is 2.74. The van der Waals surface area contributed by atoms with E-state index in [1.54, 1.807) is 0 Å². The van der Waals surface area contributed by atoms with Crippen molar-refractivity contribution in [2.75, 3.05) is 19.6 Å². The third-order valence-electron chi connectivity index (χ3n) is 4.26. The fourth-order valence-corrected chi connectivity index (χ4v) is 2.74. The molecule has 3 nitrogen and oxygen atoms in total. The maximum absolute atomic E-state index is 11.8. The molecule has 0 radical (unpaired) electrons. The van der Waals surface area contributed by atoms with Gasteiger partial charge < -0.3 is 10.6 Å². The largest absolute Gasteiger partial charge is 0.356 e. The molecule has 0 aromatic rings. The molecule has 100 valence electrons. The Morgan fingerprint density at radius 3 is 2.53 bits per heavy atom. The summed E-state index contributed by atoms with van der Waals surface area (Å²) >= 11 is 0. The van der Waals surface area contributed by atoms with Gasteiger partial charge in [-0.05, 0) is 31.3 Å². The van der Waals surface area contributed by atoms with E-state index in [1.807, 2.05) is 0 Å². The van der Waals surface area contributed by atoms with Crippen molar-refractivity contribution in [1.82, 2.24) is 10.6 Å². The summed E-state index contributed by atoms with van der Waals surface area (Å²) in [7, 11) is 0. The highest BCUT2D eigenvalue weighted by Gasteiger charge is 2.28. The van der Waals surface area contributed by atoms with Crippen LogP contribution in [0.4, 0.5) is 0 Å². The van der Waals surface area contributed by atoms with Gasteiger partial charge in [0.1, 0.15) is 0 Å². The molecule has 1 amide bonds. The van der Waals surface area contributed by atoms with Gasteiger partial charge in [-0.3, -0.25) is 4.79 Å². The Hall–Kier alpha value is -0.280. The molecule has 1 unspecified atom stereocenters. The molecule has 17 heavy (non-hydrogen) atoms. The van der Waals surface area contributed by atoms with E-state index in [9.17, 15) is 4.79 Å². The van der Waals surface area contributed by atoms with Crippen molar-refractivity contribution in [2.24, 2.45) is 17.8 Å². The van der Waals surface area contributed by atoms with Crippen LogP contribution in [0.2, 0.25) is 0 Å². The molecular formula is C13H25ClN2O. The number of halogens is 1. The summed E-state index contributed by atoms with van der Waals surface area (Å²) in [4.78, 5) is 11.8. The van der Waals surface area contributed by atoms with Gasteiger partial charge in [0, 0.05) is 12.5 Å². The zero-order chi connectivity index (χ0) is 11.4. The number of rotatable bonds is 5. The Morgan fingerprint density at radius 1 is 1.35 bits per heavy atom. The molecule has 0 spiro atoms. The molecule has 1 atom stereocenters. The van der Waals surface area contributed by atoms with Crippen LogP contribution >= 0.6 is 12.4 Å². The average molecular weight is 261 g/mol. The van der Waals surface area contributed by atoms with Gasteiger partial charge in [-0.1, -0.05) is 32.6 Å². The lowest BCUT2D eigenvalue weighted by molar-refractivity contribution is -0.126. The van der Waals surface area contributed by atoms with Gasteiger partial charge in [0.15, 0.2) is 0 Å². The predicted octanol–water partition coefficient (Wildman–Crippen LogP) is 1.96. The number of carbonyl (C=O) groups excluding carboxylic acids is 1. The van der Waals surface area contributed by atoms with Gasteiger partial charge >= 0.3 is 0 Å². The molecule has 1 heterocycles. The number of nitrogens with one attached hydrogen (secondary N) is 2. The van der Waals surface area contributed by atoms with Crippen LogP contribution in [0.1, 0.15) is 39.0 Å². The lowest BCUT2D eigenvalue weighted by Gasteiger charge is -2.31. The SMILES string of the molecule is CC(C(=O)NCCC1CCCC1)C1CNC1.Cl. The molecule has 0 aromatic carbocycles.